The summed E-state index contributed by atoms with van der Waals surface area (Å²) in [5, 5.41) is 9.82. The van der Waals surface area contributed by atoms with Crippen molar-refractivity contribution in [1.29, 1.82) is 0 Å². The number of aliphatic hydroxyl groups is 1. The number of anilines is 1. The van der Waals surface area contributed by atoms with Crippen LogP contribution in [-0.2, 0) is 6.18 Å². The highest BCUT2D eigenvalue weighted by molar-refractivity contribution is 5.41. The molecule has 3 atom stereocenters. The van der Waals surface area contributed by atoms with Gasteiger partial charge in [0.25, 0.3) is 0 Å². The predicted octanol–water partition coefficient (Wildman–Crippen LogP) is 2.31. The van der Waals surface area contributed by atoms with E-state index < -0.39 is 11.7 Å². The van der Waals surface area contributed by atoms with Crippen molar-refractivity contribution in [2.24, 2.45) is 11.8 Å². The van der Waals surface area contributed by atoms with Crippen LogP contribution in [0.15, 0.2) is 18.3 Å². The van der Waals surface area contributed by atoms with Crippen molar-refractivity contribution in [3.8, 4) is 0 Å². The van der Waals surface area contributed by atoms with Crippen molar-refractivity contribution in [3.05, 3.63) is 23.9 Å². The molecule has 1 aromatic rings. The van der Waals surface area contributed by atoms with Gasteiger partial charge < -0.3 is 10.0 Å². The van der Waals surface area contributed by atoms with Gasteiger partial charge in [-0.15, -0.1) is 0 Å². The maximum absolute atomic E-state index is 12.4. The minimum atomic E-state index is -4.34. The zero-order valence-electron chi connectivity index (χ0n) is 10.3. The van der Waals surface area contributed by atoms with Gasteiger partial charge in [0.1, 0.15) is 5.82 Å². The number of rotatable bonds is 1. The third-order valence-corrected chi connectivity index (χ3v) is 4.22. The zero-order valence-corrected chi connectivity index (χ0v) is 10.3. The molecular formula is C13H15F3N2O. The summed E-state index contributed by atoms with van der Waals surface area (Å²) in [5.74, 6) is 1.25. The third-order valence-electron chi connectivity index (χ3n) is 4.22. The average Bonchev–Trinajstić information content (AvgIpc) is 2.91. The monoisotopic (exact) mass is 272 g/mol. The number of alkyl halides is 3. The summed E-state index contributed by atoms with van der Waals surface area (Å²) in [6, 6.07) is 2.48. The molecule has 0 radical (unpaired) electrons. The lowest BCUT2D eigenvalue weighted by atomic mass is 10.00. The van der Waals surface area contributed by atoms with Gasteiger partial charge in [-0.05, 0) is 30.9 Å². The fourth-order valence-electron chi connectivity index (χ4n) is 3.16. The smallest absolute Gasteiger partial charge is 0.393 e. The lowest BCUT2D eigenvalue weighted by Gasteiger charge is -2.19. The number of hydrogen-bond donors (Lipinski definition) is 1. The molecule has 1 aliphatic heterocycles. The molecule has 3 rings (SSSR count). The van der Waals surface area contributed by atoms with Gasteiger partial charge in [-0.1, -0.05) is 0 Å². The molecule has 6 heteroatoms. The Bertz CT molecular complexity index is 460. The number of pyridine rings is 1. The molecule has 0 spiro atoms. The van der Waals surface area contributed by atoms with Crippen molar-refractivity contribution in [2.75, 3.05) is 18.0 Å². The van der Waals surface area contributed by atoms with Crippen molar-refractivity contribution in [2.45, 2.75) is 25.1 Å². The molecule has 1 aliphatic carbocycles. The summed E-state index contributed by atoms with van der Waals surface area (Å²) in [6.45, 7) is 1.46. The molecule has 3 unspecified atom stereocenters. The molecule has 0 bridgehead atoms. The lowest BCUT2D eigenvalue weighted by molar-refractivity contribution is -0.137. The summed E-state index contributed by atoms with van der Waals surface area (Å²) in [4.78, 5) is 5.87. The first kappa shape index (κ1) is 12.7. The van der Waals surface area contributed by atoms with Crippen LogP contribution in [0.1, 0.15) is 18.4 Å². The van der Waals surface area contributed by atoms with E-state index in [1.807, 2.05) is 4.90 Å². The third kappa shape index (κ3) is 2.29. The van der Waals surface area contributed by atoms with Crippen molar-refractivity contribution >= 4 is 5.82 Å². The predicted molar refractivity (Wildman–Crippen MR) is 63.7 cm³/mol. The molecule has 2 aliphatic rings. The van der Waals surface area contributed by atoms with Gasteiger partial charge in [0, 0.05) is 25.2 Å². The molecule has 2 heterocycles. The second kappa shape index (κ2) is 4.37. The number of aromatic nitrogens is 1. The summed E-state index contributed by atoms with van der Waals surface area (Å²) in [5.41, 5.74) is -0.726. The lowest BCUT2D eigenvalue weighted by Crippen LogP contribution is -2.25. The second-order valence-electron chi connectivity index (χ2n) is 5.38. The highest BCUT2D eigenvalue weighted by Crippen LogP contribution is 2.39. The van der Waals surface area contributed by atoms with Gasteiger partial charge in [0.05, 0.1) is 11.7 Å². The van der Waals surface area contributed by atoms with E-state index in [1.54, 1.807) is 0 Å². The molecule has 104 valence electrons. The number of hydrogen-bond acceptors (Lipinski definition) is 3. The Balaban J connectivity index is 1.74. The maximum Gasteiger partial charge on any atom is 0.417 e. The highest BCUT2D eigenvalue weighted by Gasteiger charge is 2.42. The Morgan fingerprint density at radius 3 is 2.58 bits per heavy atom. The van der Waals surface area contributed by atoms with Crippen LogP contribution in [0, 0.1) is 11.8 Å². The van der Waals surface area contributed by atoms with Gasteiger partial charge in [-0.2, -0.15) is 13.2 Å². The summed E-state index contributed by atoms with van der Waals surface area (Å²) >= 11 is 0. The molecule has 19 heavy (non-hydrogen) atoms. The molecule has 1 saturated carbocycles. The Hall–Kier alpha value is -1.30. The topological polar surface area (TPSA) is 36.4 Å². The largest absolute Gasteiger partial charge is 0.417 e. The highest BCUT2D eigenvalue weighted by atomic mass is 19.4. The summed E-state index contributed by atoms with van der Waals surface area (Å²) in [6.07, 6.45) is -1.92. The fraction of sp³-hybridized carbons (Fsp3) is 0.615. The first-order chi connectivity index (χ1) is 8.95. The van der Waals surface area contributed by atoms with Crippen LogP contribution in [0.5, 0.6) is 0 Å². The molecule has 3 nitrogen and oxygen atoms in total. The maximum atomic E-state index is 12.4. The number of aliphatic hydroxyl groups excluding tert-OH is 1. The molecule has 2 fully saturated rings. The summed E-state index contributed by atoms with van der Waals surface area (Å²) in [7, 11) is 0. The second-order valence-corrected chi connectivity index (χ2v) is 5.38. The quantitative estimate of drug-likeness (QED) is 0.852. The van der Waals surface area contributed by atoms with Gasteiger partial charge in [-0.3, -0.25) is 0 Å². The Kier molecular flexibility index (Phi) is 2.92. The van der Waals surface area contributed by atoms with Crippen LogP contribution >= 0.6 is 0 Å². The van der Waals surface area contributed by atoms with Crippen LogP contribution in [0.4, 0.5) is 19.0 Å². The number of halogens is 3. The Morgan fingerprint density at radius 2 is 2.00 bits per heavy atom. The summed E-state index contributed by atoms with van der Waals surface area (Å²) < 4.78 is 37.3. The Labute approximate surface area is 109 Å². The van der Waals surface area contributed by atoms with E-state index in [-0.39, 0.29) is 12.0 Å². The zero-order chi connectivity index (χ0) is 13.6. The van der Waals surface area contributed by atoms with E-state index in [9.17, 15) is 18.3 Å². The molecule has 0 aromatic carbocycles. The van der Waals surface area contributed by atoms with Crippen LogP contribution in [0.25, 0.3) is 0 Å². The van der Waals surface area contributed by atoms with E-state index in [0.717, 1.165) is 31.6 Å². The normalized spacial score (nSPS) is 30.7. The minimum absolute atomic E-state index is 0.240. The minimum Gasteiger partial charge on any atom is -0.393 e. The molecule has 1 saturated heterocycles. The molecule has 0 amide bonds. The molecule has 1 aromatic heterocycles. The van der Waals surface area contributed by atoms with Crippen LogP contribution in [0.3, 0.4) is 0 Å². The van der Waals surface area contributed by atoms with Crippen LogP contribution in [0.2, 0.25) is 0 Å². The van der Waals surface area contributed by atoms with E-state index >= 15 is 0 Å². The van der Waals surface area contributed by atoms with E-state index in [2.05, 4.69) is 4.98 Å². The van der Waals surface area contributed by atoms with Crippen molar-refractivity contribution in [3.63, 3.8) is 0 Å². The van der Waals surface area contributed by atoms with Gasteiger partial charge in [0.2, 0.25) is 0 Å². The number of nitrogens with zero attached hydrogens (tertiary/aromatic N) is 2. The van der Waals surface area contributed by atoms with Gasteiger partial charge >= 0.3 is 6.18 Å². The Morgan fingerprint density at radius 1 is 1.21 bits per heavy atom. The van der Waals surface area contributed by atoms with E-state index in [0.29, 0.717) is 18.3 Å². The molecule has 1 N–H and O–H groups in total. The van der Waals surface area contributed by atoms with Crippen LogP contribution < -0.4 is 4.90 Å². The van der Waals surface area contributed by atoms with E-state index in [4.69, 9.17) is 0 Å². The van der Waals surface area contributed by atoms with E-state index in [1.165, 1.54) is 6.07 Å². The first-order valence-corrected chi connectivity index (χ1v) is 6.41. The average molecular weight is 272 g/mol. The van der Waals surface area contributed by atoms with Crippen LogP contribution in [-0.4, -0.2) is 29.3 Å². The molecular weight excluding hydrogens is 257 g/mol. The van der Waals surface area contributed by atoms with Crippen molar-refractivity contribution in [1.82, 2.24) is 4.98 Å². The SMILES string of the molecule is OC1CCC2CN(c3ccc(C(F)(F)F)cn3)CC12. The number of fused-ring (bicyclic) bond motifs is 1. The fourth-order valence-corrected chi connectivity index (χ4v) is 3.16. The standard InChI is InChI=1S/C13H15F3N2O/c14-13(15,16)9-2-4-12(17-5-9)18-6-8-1-3-11(19)10(8)7-18/h2,4-5,8,10-11,19H,1,3,6-7H2. The first-order valence-electron chi connectivity index (χ1n) is 6.41. The van der Waals surface area contributed by atoms with Gasteiger partial charge in [-0.25, -0.2) is 4.98 Å². The van der Waals surface area contributed by atoms with Crippen molar-refractivity contribution < 1.29 is 18.3 Å². The van der Waals surface area contributed by atoms with Gasteiger partial charge in [0.15, 0.2) is 0 Å².